The van der Waals surface area contributed by atoms with Crippen molar-refractivity contribution in [2.75, 3.05) is 13.1 Å². The van der Waals surface area contributed by atoms with Crippen molar-refractivity contribution < 1.29 is 4.79 Å². The van der Waals surface area contributed by atoms with E-state index in [1.165, 1.54) is 11.3 Å². The highest BCUT2D eigenvalue weighted by Crippen LogP contribution is 2.24. The van der Waals surface area contributed by atoms with Gasteiger partial charge in [0, 0.05) is 35.7 Å². The van der Waals surface area contributed by atoms with E-state index in [1.807, 2.05) is 28.5 Å². The van der Waals surface area contributed by atoms with E-state index in [0.717, 1.165) is 16.4 Å². The Hall–Kier alpha value is -1.79. The zero-order valence-electron chi connectivity index (χ0n) is 14.7. The molecule has 5 nitrogen and oxygen atoms in total. The highest BCUT2D eigenvalue weighted by molar-refractivity contribution is 7.13. The van der Waals surface area contributed by atoms with Crippen molar-refractivity contribution in [2.24, 2.45) is 0 Å². The van der Waals surface area contributed by atoms with E-state index < -0.39 is 0 Å². The number of rotatable bonds is 3. The summed E-state index contributed by atoms with van der Waals surface area (Å²) in [6, 6.07) is 5.76. The lowest BCUT2D eigenvalue weighted by Gasteiger charge is -2.48. The summed E-state index contributed by atoms with van der Waals surface area (Å²) in [6.45, 7) is 9.97. The summed E-state index contributed by atoms with van der Waals surface area (Å²) >= 11 is 1.53. The van der Waals surface area contributed by atoms with Crippen LogP contribution in [0.2, 0.25) is 0 Å². The topological polar surface area (TPSA) is 58.1 Å². The molecule has 0 saturated carbocycles. The minimum atomic E-state index is -0.0847. The van der Waals surface area contributed by atoms with Crippen LogP contribution in [0, 0.1) is 0 Å². The van der Waals surface area contributed by atoms with Gasteiger partial charge in [-0.05, 0) is 39.8 Å². The van der Waals surface area contributed by atoms with Crippen LogP contribution in [0.1, 0.15) is 33.4 Å². The molecule has 0 aromatic carbocycles. The largest absolute Gasteiger partial charge is 0.339 e. The lowest BCUT2D eigenvalue weighted by atomic mass is 9.91. The van der Waals surface area contributed by atoms with E-state index in [2.05, 4.69) is 43.0 Å². The summed E-state index contributed by atoms with van der Waals surface area (Å²) in [6.07, 6.45) is 2.10. The van der Waals surface area contributed by atoms with E-state index >= 15 is 0 Å². The second kappa shape index (κ2) is 6.26. The van der Waals surface area contributed by atoms with Gasteiger partial charge in [0.1, 0.15) is 5.01 Å². The molecule has 6 heteroatoms. The maximum Gasteiger partial charge on any atom is 0.228 e. The molecule has 1 aliphatic heterocycles. The van der Waals surface area contributed by atoms with E-state index in [9.17, 15) is 4.79 Å². The molecular weight excluding hydrogens is 320 g/mol. The van der Waals surface area contributed by atoms with Crippen LogP contribution in [-0.2, 0) is 11.2 Å². The summed E-state index contributed by atoms with van der Waals surface area (Å²) in [5, 5.41) is 6.41. The fourth-order valence-corrected chi connectivity index (χ4v) is 4.24. The molecular formula is C18H24N4OS. The maximum absolute atomic E-state index is 12.7. The lowest BCUT2D eigenvalue weighted by Crippen LogP contribution is -2.67. The Kier molecular flexibility index (Phi) is 4.44. The van der Waals surface area contributed by atoms with Crippen molar-refractivity contribution in [3.63, 3.8) is 0 Å². The second-order valence-electron chi connectivity index (χ2n) is 7.68. The van der Waals surface area contributed by atoms with Crippen molar-refractivity contribution in [2.45, 2.75) is 45.2 Å². The first kappa shape index (κ1) is 17.0. The Morgan fingerprint density at radius 2 is 1.96 bits per heavy atom. The monoisotopic (exact) mass is 344 g/mol. The van der Waals surface area contributed by atoms with Crippen LogP contribution in [0.3, 0.4) is 0 Å². The van der Waals surface area contributed by atoms with Crippen LogP contribution < -0.4 is 5.32 Å². The van der Waals surface area contributed by atoms with Gasteiger partial charge in [0.2, 0.25) is 5.91 Å². The van der Waals surface area contributed by atoms with Crippen LogP contribution in [0.15, 0.2) is 29.8 Å². The number of carbonyl (C=O) groups is 1. The van der Waals surface area contributed by atoms with Gasteiger partial charge >= 0.3 is 0 Å². The van der Waals surface area contributed by atoms with Gasteiger partial charge in [0.05, 0.1) is 17.8 Å². The first-order valence-corrected chi connectivity index (χ1v) is 9.05. The number of hydrogen-bond donors (Lipinski definition) is 1. The molecule has 1 amide bonds. The summed E-state index contributed by atoms with van der Waals surface area (Å²) in [7, 11) is 0. The van der Waals surface area contributed by atoms with Gasteiger partial charge in [-0.3, -0.25) is 9.78 Å². The molecule has 3 heterocycles. The predicted octanol–water partition coefficient (Wildman–Crippen LogP) is 2.74. The minimum Gasteiger partial charge on any atom is -0.339 e. The van der Waals surface area contributed by atoms with Gasteiger partial charge in [0.15, 0.2) is 0 Å². The molecule has 1 aliphatic rings. The molecule has 1 saturated heterocycles. The Morgan fingerprint density at radius 1 is 1.25 bits per heavy atom. The highest BCUT2D eigenvalue weighted by atomic mass is 32.1. The number of nitrogens with one attached hydrogen (secondary N) is 1. The number of amides is 1. The lowest BCUT2D eigenvalue weighted by molar-refractivity contribution is -0.134. The van der Waals surface area contributed by atoms with Crippen molar-refractivity contribution in [3.05, 3.63) is 35.5 Å². The SMILES string of the molecule is CC1(C)CN(C(=O)Cc2csc(-c3ccccn3)n2)CC(C)(C)N1. The molecule has 1 fully saturated rings. The molecule has 0 aliphatic carbocycles. The van der Waals surface area contributed by atoms with E-state index in [4.69, 9.17) is 0 Å². The van der Waals surface area contributed by atoms with Crippen molar-refractivity contribution in [1.82, 2.24) is 20.2 Å². The van der Waals surface area contributed by atoms with Gasteiger partial charge < -0.3 is 10.2 Å². The molecule has 24 heavy (non-hydrogen) atoms. The molecule has 2 aromatic heterocycles. The van der Waals surface area contributed by atoms with Crippen molar-refractivity contribution in [1.29, 1.82) is 0 Å². The number of pyridine rings is 1. The number of piperazine rings is 1. The summed E-state index contributed by atoms with van der Waals surface area (Å²) in [5.41, 5.74) is 1.50. The number of aromatic nitrogens is 2. The van der Waals surface area contributed by atoms with Crippen molar-refractivity contribution >= 4 is 17.2 Å². The number of nitrogens with zero attached hydrogens (tertiary/aromatic N) is 3. The number of carbonyl (C=O) groups excluding carboxylic acids is 1. The highest BCUT2D eigenvalue weighted by Gasteiger charge is 2.38. The maximum atomic E-state index is 12.7. The molecule has 0 radical (unpaired) electrons. The molecule has 0 unspecified atom stereocenters. The Balaban J connectivity index is 1.70. The van der Waals surface area contributed by atoms with Crippen LogP contribution in [-0.4, -0.2) is 44.9 Å². The van der Waals surface area contributed by atoms with Gasteiger partial charge in [-0.1, -0.05) is 6.07 Å². The standard InChI is InChI=1S/C18H24N4OS/c1-17(2)11-22(12-18(3,4)21-17)15(23)9-13-10-24-16(20-13)14-7-5-6-8-19-14/h5-8,10,21H,9,11-12H2,1-4H3. The molecule has 0 spiro atoms. The third kappa shape index (κ3) is 3.99. The summed E-state index contributed by atoms with van der Waals surface area (Å²) < 4.78 is 0. The molecule has 3 rings (SSSR count). The molecule has 0 bridgehead atoms. The molecule has 2 aromatic rings. The third-order valence-corrected chi connectivity index (χ3v) is 4.88. The van der Waals surface area contributed by atoms with E-state index in [1.54, 1.807) is 6.20 Å². The summed E-state index contributed by atoms with van der Waals surface area (Å²) in [4.78, 5) is 23.6. The molecule has 1 N–H and O–H groups in total. The number of hydrogen-bond acceptors (Lipinski definition) is 5. The quantitative estimate of drug-likeness (QED) is 0.930. The Bertz CT molecular complexity index is 708. The minimum absolute atomic E-state index is 0.0847. The van der Waals surface area contributed by atoms with Gasteiger partial charge in [0.25, 0.3) is 0 Å². The molecule has 128 valence electrons. The van der Waals surface area contributed by atoms with E-state index in [0.29, 0.717) is 19.5 Å². The second-order valence-corrected chi connectivity index (χ2v) is 8.54. The first-order valence-electron chi connectivity index (χ1n) is 8.17. The van der Waals surface area contributed by atoms with Crippen LogP contribution in [0.5, 0.6) is 0 Å². The number of thiazole rings is 1. The third-order valence-electron chi connectivity index (χ3n) is 3.97. The Labute approximate surface area is 147 Å². The van der Waals surface area contributed by atoms with Crippen LogP contribution in [0.4, 0.5) is 0 Å². The van der Waals surface area contributed by atoms with Gasteiger partial charge in [-0.2, -0.15) is 0 Å². The Morgan fingerprint density at radius 3 is 2.58 bits per heavy atom. The van der Waals surface area contributed by atoms with Gasteiger partial charge in [-0.15, -0.1) is 11.3 Å². The predicted molar refractivity (Wildman–Crippen MR) is 96.9 cm³/mol. The van der Waals surface area contributed by atoms with Crippen LogP contribution in [0.25, 0.3) is 10.7 Å². The van der Waals surface area contributed by atoms with Crippen LogP contribution >= 0.6 is 11.3 Å². The average molecular weight is 344 g/mol. The smallest absolute Gasteiger partial charge is 0.228 e. The normalized spacial score (nSPS) is 19.2. The fraction of sp³-hybridized carbons (Fsp3) is 0.500. The van der Waals surface area contributed by atoms with Crippen molar-refractivity contribution in [3.8, 4) is 10.7 Å². The van der Waals surface area contributed by atoms with E-state index in [-0.39, 0.29) is 17.0 Å². The molecule has 0 atom stereocenters. The first-order chi connectivity index (χ1) is 11.2. The van der Waals surface area contributed by atoms with Gasteiger partial charge in [-0.25, -0.2) is 4.98 Å². The fourth-order valence-electron chi connectivity index (χ4n) is 3.44. The zero-order valence-corrected chi connectivity index (χ0v) is 15.5. The average Bonchev–Trinajstić information content (AvgIpc) is 2.93. The summed E-state index contributed by atoms with van der Waals surface area (Å²) in [5.74, 6) is 0.135. The zero-order chi connectivity index (χ0) is 17.4.